The first-order valence-electron chi connectivity index (χ1n) is 38.9. The van der Waals surface area contributed by atoms with E-state index < -0.39 is 20.0 Å². The molecule has 0 aliphatic heterocycles. The van der Waals surface area contributed by atoms with E-state index in [1.54, 1.807) is 6.08 Å². The monoisotopic (exact) mass is 1250 g/mol. The van der Waals surface area contributed by atoms with Gasteiger partial charge in [-0.15, -0.1) is 0 Å². The Balaban J connectivity index is 3.93. The van der Waals surface area contributed by atoms with Crippen molar-refractivity contribution in [2.75, 3.05) is 40.9 Å². The highest BCUT2D eigenvalue weighted by Crippen LogP contribution is 2.43. The molecule has 0 aliphatic rings. The lowest BCUT2D eigenvalue weighted by molar-refractivity contribution is -0.870. The molecule has 87 heavy (non-hydrogen) atoms. The number of amides is 1. The standard InChI is InChI=1S/C78H153N2O6P/c1-6-8-10-12-14-16-18-20-22-24-26-28-30-32-33-34-35-36-37-38-39-40-41-42-43-44-45-46-47-48-50-52-54-56-58-60-62-64-66-68-70-72-78(82)79-76(75-86-87(83,84)85-74-73-80(3,4)5)77(81)71-69-67-65-63-61-59-57-55-53-51-49-31-29-27-25-23-21-19-17-15-13-11-9-7-2/h53,55,61,63,69,71,76-77,81H,6-52,54,56-60,62,64-68,70,72-75H2,1-5H3,(H-,79,82,83,84)/p+1/b55-53+,63-61+,71-69+. The minimum absolute atomic E-state index is 0.0555. The lowest BCUT2D eigenvalue weighted by Gasteiger charge is -2.25. The van der Waals surface area contributed by atoms with Crippen LogP contribution in [0.2, 0.25) is 0 Å². The van der Waals surface area contributed by atoms with E-state index in [2.05, 4.69) is 43.5 Å². The van der Waals surface area contributed by atoms with Crippen molar-refractivity contribution in [3.8, 4) is 0 Å². The van der Waals surface area contributed by atoms with Crippen molar-refractivity contribution in [1.29, 1.82) is 0 Å². The van der Waals surface area contributed by atoms with Crippen LogP contribution in [0.15, 0.2) is 36.5 Å². The highest BCUT2D eigenvalue weighted by Gasteiger charge is 2.28. The second-order valence-electron chi connectivity index (χ2n) is 28.1. The van der Waals surface area contributed by atoms with Crippen molar-refractivity contribution in [2.45, 2.75) is 418 Å². The van der Waals surface area contributed by atoms with Crippen LogP contribution in [-0.2, 0) is 18.4 Å². The number of likely N-dealkylation sites (N-methyl/N-ethyl adjacent to an activating group) is 1. The molecule has 3 atom stereocenters. The number of quaternary nitrogens is 1. The Morgan fingerprint density at radius 2 is 0.632 bits per heavy atom. The van der Waals surface area contributed by atoms with E-state index in [0.717, 1.165) is 44.9 Å². The molecule has 0 aromatic rings. The molecule has 0 heterocycles. The van der Waals surface area contributed by atoms with Crippen LogP contribution < -0.4 is 5.32 Å². The number of hydrogen-bond acceptors (Lipinski definition) is 5. The number of phosphoric acid groups is 1. The molecule has 1 amide bonds. The van der Waals surface area contributed by atoms with E-state index in [9.17, 15) is 19.4 Å². The van der Waals surface area contributed by atoms with Crippen molar-refractivity contribution < 1.29 is 32.9 Å². The quantitative estimate of drug-likeness (QED) is 0.0243. The molecule has 0 radical (unpaired) electrons. The first-order valence-corrected chi connectivity index (χ1v) is 40.4. The van der Waals surface area contributed by atoms with Crippen molar-refractivity contribution in [3.63, 3.8) is 0 Å². The Kier molecular flexibility index (Phi) is 68.1. The van der Waals surface area contributed by atoms with Gasteiger partial charge in [0.15, 0.2) is 0 Å². The van der Waals surface area contributed by atoms with Gasteiger partial charge in [-0.05, 0) is 44.9 Å². The van der Waals surface area contributed by atoms with Gasteiger partial charge in [-0.3, -0.25) is 13.8 Å². The van der Waals surface area contributed by atoms with E-state index in [1.807, 2.05) is 27.2 Å². The first-order chi connectivity index (χ1) is 42.5. The zero-order valence-corrected chi connectivity index (χ0v) is 60.2. The van der Waals surface area contributed by atoms with Gasteiger partial charge in [-0.2, -0.15) is 0 Å². The number of aliphatic hydroxyl groups excluding tert-OH is 1. The van der Waals surface area contributed by atoms with Crippen LogP contribution in [0, 0.1) is 0 Å². The number of carbonyl (C=O) groups is 1. The molecular weight excluding hydrogens is 1090 g/mol. The molecule has 0 aromatic carbocycles. The minimum Gasteiger partial charge on any atom is -0.387 e. The topological polar surface area (TPSA) is 105 Å². The summed E-state index contributed by atoms with van der Waals surface area (Å²) in [4.78, 5) is 23.4. The minimum atomic E-state index is -4.37. The molecule has 0 aromatic heterocycles. The number of rotatable bonds is 73. The fourth-order valence-corrected chi connectivity index (χ4v) is 12.8. The molecule has 3 unspecified atom stereocenters. The first kappa shape index (κ1) is 85.7. The van der Waals surface area contributed by atoms with Gasteiger partial charge < -0.3 is 19.8 Å². The number of phosphoric ester groups is 1. The molecule has 0 saturated carbocycles. The lowest BCUT2D eigenvalue weighted by atomic mass is 10.0. The Bertz CT molecular complexity index is 1510. The molecule has 0 fully saturated rings. The summed E-state index contributed by atoms with van der Waals surface area (Å²) in [5.41, 5.74) is 0. The Hall–Kier alpha value is -1.28. The number of hydrogen-bond donors (Lipinski definition) is 3. The molecule has 0 aliphatic carbocycles. The SMILES string of the molecule is CCCCCCCCCCCCCCCC/C=C/CC/C=C/CC/C=C/C(O)C(COP(=O)(O)OCC[N+](C)(C)C)NC(=O)CCCCCCCCCCCCCCCCCCCCCCCCCCCCCCCCCCCCCCCCCCC. The van der Waals surface area contributed by atoms with Crippen molar-refractivity contribution >= 4 is 13.7 Å². The number of nitrogens with zero attached hydrogens (tertiary/aromatic N) is 1. The van der Waals surface area contributed by atoms with Crippen LogP contribution >= 0.6 is 7.82 Å². The third-order valence-electron chi connectivity index (χ3n) is 18.1. The Labute approximate surface area is 544 Å². The van der Waals surface area contributed by atoms with Gasteiger partial charge in [-0.1, -0.05) is 391 Å². The highest BCUT2D eigenvalue weighted by molar-refractivity contribution is 7.47. The van der Waals surface area contributed by atoms with E-state index in [4.69, 9.17) is 9.05 Å². The predicted octanol–water partition coefficient (Wildman–Crippen LogP) is 25.2. The van der Waals surface area contributed by atoms with Gasteiger partial charge in [0.2, 0.25) is 5.91 Å². The van der Waals surface area contributed by atoms with Crippen LogP contribution in [0.5, 0.6) is 0 Å². The van der Waals surface area contributed by atoms with Crippen molar-refractivity contribution in [3.05, 3.63) is 36.5 Å². The average Bonchev–Trinajstić information content (AvgIpc) is 3.70. The summed E-state index contributed by atoms with van der Waals surface area (Å²) in [6.45, 7) is 4.85. The van der Waals surface area contributed by atoms with Crippen LogP contribution in [0.3, 0.4) is 0 Å². The van der Waals surface area contributed by atoms with Crippen molar-refractivity contribution in [1.82, 2.24) is 5.32 Å². The van der Waals surface area contributed by atoms with E-state index >= 15 is 0 Å². The van der Waals surface area contributed by atoms with Gasteiger partial charge in [0.1, 0.15) is 13.2 Å². The summed E-state index contributed by atoms with van der Waals surface area (Å²) in [7, 11) is 1.56. The Morgan fingerprint density at radius 3 is 0.920 bits per heavy atom. The summed E-state index contributed by atoms with van der Waals surface area (Å²) in [5, 5.41) is 14.0. The maximum atomic E-state index is 13.1. The van der Waals surface area contributed by atoms with E-state index in [-0.39, 0.29) is 19.1 Å². The summed E-state index contributed by atoms with van der Waals surface area (Å²) in [5.74, 6) is -0.182. The maximum absolute atomic E-state index is 13.1. The number of aliphatic hydroxyl groups is 1. The average molecular weight is 1250 g/mol. The summed E-state index contributed by atoms with van der Waals surface area (Å²) < 4.78 is 23.8. The van der Waals surface area contributed by atoms with Gasteiger partial charge >= 0.3 is 7.82 Å². The van der Waals surface area contributed by atoms with E-state index in [1.165, 1.54) is 340 Å². The summed E-state index contributed by atoms with van der Waals surface area (Å²) in [6, 6.07) is -0.870. The zero-order valence-electron chi connectivity index (χ0n) is 59.3. The molecule has 516 valence electrons. The third-order valence-corrected chi connectivity index (χ3v) is 19.1. The smallest absolute Gasteiger partial charge is 0.387 e. The fourth-order valence-electron chi connectivity index (χ4n) is 12.1. The molecule has 0 spiro atoms. The lowest BCUT2D eigenvalue weighted by Crippen LogP contribution is -2.45. The number of carbonyl (C=O) groups excluding carboxylic acids is 1. The Morgan fingerprint density at radius 1 is 0.379 bits per heavy atom. The van der Waals surface area contributed by atoms with Crippen LogP contribution in [0.25, 0.3) is 0 Å². The molecule has 0 saturated heterocycles. The molecule has 3 N–H and O–H groups in total. The van der Waals surface area contributed by atoms with Gasteiger partial charge in [0.05, 0.1) is 39.9 Å². The molecular formula is C78H154N2O6P+. The molecule has 9 heteroatoms. The third kappa shape index (κ3) is 72.0. The van der Waals surface area contributed by atoms with Gasteiger partial charge in [0, 0.05) is 6.42 Å². The number of unbranched alkanes of at least 4 members (excludes halogenated alkanes) is 56. The predicted molar refractivity (Wildman–Crippen MR) is 383 cm³/mol. The van der Waals surface area contributed by atoms with E-state index in [0.29, 0.717) is 17.4 Å². The van der Waals surface area contributed by atoms with Crippen LogP contribution in [0.4, 0.5) is 0 Å². The molecule has 8 nitrogen and oxygen atoms in total. The highest BCUT2D eigenvalue weighted by atomic mass is 31.2. The number of nitrogens with one attached hydrogen (secondary N) is 1. The summed E-state index contributed by atoms with van der Waals surface area (Å²) in [6.07, 6.45) is 93.5. The molecule has 0 rings (SSSR count). The molecule has 0 bridgehead atoms. The second-order valence-corrected chi connectivity index (χ2v) is 29.5. The number of allylic oxidation sites excluding steroid dienone is 5. The maximum Gasteiger partial charge on any atom is 0.472 e. The summed E-state index contributed by atoms with van der Waals surface area (Å²) >= 11 is 0. The largest absolute Gasteiger partial charge is 0.472 e. The van der Waals surface area contributed by atoms with Crippen LogP contribution in [0.1, 0.15) is 406 Å². The normalized spacial score (nSPS) is 13.7. The fraction of sp³-hybridized carbons (Fsp3) is 0.910. The van der Waals surface area contributed by atoms with Crippen LogP contribution in [-0.4, -0.2) is 73.4 Å². The van der Waals surface area contributed by atoms with Gasteiger partial charge in [0.25, 0.3) is 0 Å². The van der Waals surface area contributed by atoms with Crippen molar-refractivity contribution in [2.24, 2.45) is 0 Å². The van der Waals surface area contributed by atoms with Gasteiger partial charge in [-0.25, -0.2) is 4.57 Å². The second kappa shape index (κ2) is 69.1. The zero-order chi connectivity index (χ0) is 63.4.